The van der Waals surface area contributed by atoms with E-state index < -0.39 is 0 Å². The second-order valence-electron chi connectivity index (χ2n) is 6.84. The van der Waals surface area contributed by atoms with Crippen LogP contribution in [-0.4, -0.2) is 33.8 Å². The Balaban J connectivity index is 1.84. The summed E-state index contributed by atoms with van der Waals surface area (Å²) >= 11 is 1.79. The van der Waals surface area contributed by atoms with Crippen LogP contribution in [0.4, 0.5) is 0 Å². The molecule has 0 aromatic carbocycles. The van der Waals surface area contributed by atoms with E-state index in [-0.39, 0.29) is 0 Å². The number of aryl methyl sites for hydroxylation is 2. The number of rotatable bonds is 4. The summed E-state index contributed by atoms with van der Waals surface area (Å²) in [6.07, 6.45) is 2.59. The number of thiophene rings is 1. The van der Waals surface area contributed by atoms with Crippen molar-refractivity contribution < 1.29 is 0 Å². The summed E-state index contributed by atoms with van der Waals surface area (Å²) in [4.78, 5) is 8.38. The van der Waals surface area contributed by atoms with Crippen LogP contribution in [0.25, 0.3) is 21.6 Å². The first kappa shape index (κ1) is 14.8. The van der Waals surface area contributed by atoms with Gasteiger partial charge in [0, 0.05) is 19.0 Å². The number of nitrogens with zero attached hydrogens (tertiary/aromatic N) is 4. The van der Waals surface area contributed by atoms with Gasteiger partial charge in [0.1, 0.15) is 0 Å². The SMILES string of the molecule is Cc1nn(C)c2nc(-c3cc(CN(C)C)cs3)cc(C3CC3)c12. The van der Waals surface area contributed by atoms with Gasteiger partial charge in [-0.25, -0.2) is 4.98 Å². The zero-order chi connectivity index (χ0) is 16.1. The molecular weight excluding hydrogens is 304 g/mol. The lowest BCUT2D eigenvalue weighted by atomic mass is 10.0. The summed E-state index contributed by atoms with van der Waals surface area (Å²) in [6, 6.07) is 4.58. The number of fused-ring (bicyclic) bond motifs is 1. The molecule has 0 unspecified atom stereocenters. The van der Waals surface area contributed by atoms with Crippen molar-refractivity contribution in [1.82, 2.24) is 19.7 Å². The van der Waals surface area contributed by atoms with E-state index in [4.69, 9.17) is 4.98 Å². The zero-order valence-electron chi connectivity index (χ0n) is 14.1. The summed E-state index contributed by atoms with van der Waals surface area (Å²) in [5.74, 6) is 0.698. The standard InChI is InChI=1S/C18H22N4S/c1-11-17-14(13-5-6-13)8-15(19-18(17)22(4)20-11)16-7-12(10-23-16)9-21(2)3/h7-8,10,13H,5-6,9H2,1-4H3. The average molecular weight is 326 g/mol. The van der Waals surface area contributed by atoms with Crippen LogP contribution >= 0.6 is 11.3 Å². The van der Waals surface area contributed by atoms with E-state index in [9.17, 15) is 0 Å². The number of pyridine rings is 1. The van der Waals surface area contributed by atoms with Gasteiger partial charge >= 0.3 is 0 Å². The Morgan fingerprint density at radius 2 is 2.09 bits per heavy atom. The molecule has 1 fully saturated rings. The van der Waals surface area contributed by atoms with Crippen LogP contribution in [0.15, 0.2) is 17.5 Å². The van der Waals surface area contributed by atoms with Gasteiger partial charge in [-0.05, 0) is 68.4 Å². The molecule has 5 heteroatoms. The zero-order valence-corrected chi connectivity index (χ0v) is 14.9. The monoisotopic (exact) mass is 326 g/mol. The lowest BCUT2D eigenvalue weighted by molar-refractivity contribution is 0.403. The first-order valence-corrected chi connectivity index (χ1v) is 8.97. The van der Waals surface area contributed by atoms with E-state index in [2.05, 4.69) is 48.5 Å². The van der Waals surface area contributed by atoms with Gasteiger partial charge in [-0.15, -0.1) is 11.3 Å². The van der Waals surface area contributed by atoms with Crippen molar-refractivity contribution in [2.45, 2.75) is 32.2 Å². The largest absolute Gasteiger partial charge is 0.305 e. The molecule has 0 atom stereocenters. The molecule has 0 spiro atoms. The van der Waals surface area contributed by atoms with E-state index in [0.29, 0.717) is 5.92 Å². The van der Waals surface area contributed by atoms with E-state index in [1.54, 1.807) is 11.3 Å². The number of hydrogen-bond acceptors (Lipinski definition) is 4. The van der Waals surface area contributed by atoms with Crippen LogP contribution in [0.2, 0.25) is 0 Å². The molecule has 3 aromatic rings. The van der Waals surface area contributed by atoms with Crippen molar-refractivity contribution in [3.8, 4) is 10.6 Å². The fraction of sp³-hybridized carbons (Fsp3) is 0.444. The maximum atomic E-state index is 4.93. The van der Waals surface area contributed by atoms with Crippen LogP contribution in [-0.2, 0) is 13.6 Å². The van der Waals surface area contributed by atoms with E-state index in [1.807, 2.05) is 11.7 Å². The van der Waals surface area contributed by atoms with Gasteiger partial charge in [-0.2, -0.15) is 5.10 Å². The van der Waals surface area contributed by atoms with Crippen molar-refractivity contribution in [3.05, 3.63) is 34.3 Å². The quantitative estimate of drug-likeness (QED) is 0.728. The fourth-order valence-electron chi connectivity index (χ4n) is 3.28. The molecule has 23 heavy (non-hydrogen) atoms. The Labute approximate surface area is 140 Å². The molecule has 0 amide bonds. The molecule has 4 rings (SSSR count). The molecule has 0 radical (unpaired) electrons. The second kappa shape index (κ2) is 5.42. The van der Waals surface area contributed by atoms with Gasteiger partial charge in [-0.1, -0.05) is 0 Å². The van der Waals surface area contributed by atoms with E-state index in [1.165, 1.54) is 34.2 Å². The van der Waals surface area contributed by atoms with Crippen molar-refractivity contribution in [2.24, 2.45) is 7.05 Å². The molecule has 0 saturated heterocycles. The highest BCUT2D eigenvalue weighted by atomic mass is 32.1. The highest BCUT2D eigenvalue weighted by molar-refractivity contribution is 7.13. The third kappa shape index (κ3) is 2.68. The summed E-state index contributed by atoms with van der Waals surface area (Å²) < 4.78 is 1.92. The topological polar surface area (TPSA) is 34.0 Å². The average Bonchev–Trinajstić information content (AvgIpc) is 3.18. The van der Waals surface area contributed by atoms with Gasteiger partial charge in [0.15, 0.2) is 5.65 Å². The molecule has 1 aliphatic carbocycles. The third-order valence-corrected chi connectivity index (χ3v) is 5.42. The molecule has 120 valence electrons. The highest BCUT2D eigenvalue weighted by Crippen LogP contribution is 2.45. The molecule has 1 saturated carbocycles. The van der Waals surface area contributed by atoms with Crippen molar-refractivity contribution >= 4 is 22.4 Å². The molecule has 1 aliphatic rings. The van der Waals surface area contributed by atoms with Gasteiger partial charge in [0.05, 0.1) is 16.3 Å². The van der Waals surface area contributed by atoms with Crippen LogP contribution in [0.5, 0.6) is 0 Å². The van der Waals surface area contributed by atoms with E-state index >= 15 is 0 Å². The summed E-state index contributed by atoms with van der Waals surface area (Å²) in [7, 11) is 6.20. The first-order chi connectivity index (χ1) is 11.0. The Morgan fingerprint density at radius 1 is 1.30 bits per heavy atom. The predicted molar refractivity (Wildman–Crippen MR) is 95.9 cm³/mol. The number of hydrogen-bond donors (Lipinski definition) is 0. The van der Waals surface area contributed by atoms with Gasteiger partial charge < -0.3 is 4.90 Å². The minimum Gasteiger partial charge on any atom is -0.305 e. The van der Waals surface area contributed by atoms with Gasteiger partial charge in [0.25, 0.3) is 0 Å². The molecule has 0 N–H and O–H groups in total. The minimum atomic E-state index is 0.698. The minimum absolute atomic E-state index is 0.698. The lowest BCUT2D eigenvalue weighted by Gasteiger charge is -2.07. The second-order valence-corrected chi connectivity index (χ2v) is 7.75. The Kier molecular flexibility index (Phi) is 3.50. The molecule has 3 aromatic heterocycles. The van der Waals surface area contributed by atoms with Crippen LogP contribution in [0, 0.1) is 6.92 Å². The molecule has 3 heterocycles. The van der Waals surface area contributed by atoms with Crippen molar-refractivity contribution in [2.75, 3.05) is 14.1 Å². The lowest BCUT2D eigenvalue weighted by Crippen LogP contribution is -2.09. The van der Waals surface area contributed by atoms with Gasteiger partial charge in [-0.3, -0.25) is 4.68 Å². The molecule has 0 aliphatic heterocycles. The van der Waals surface area contributed by atoms with Crippen LogP contribution < -0.4 is 0 Å². The Bertz CT molecular complexity index is 871. The summed E-state index contributed by atoms with van der Waals surface area (Å²) in [6.45, 7) is 3.06. The van der Waals surface area contributed by atoms with Crippen LogP contribution in [0.1, 0.15) is 35.6 Å². The molecule has 0 bridgehead atoms. The maximum Gasteiger partial charge on any atom is 0.158 e. The Morgan fingerprint density at radius 3 is 2.78 bits per heavy atom. The third-order valence-electron chi connectivity index (χ3n) is 4.42. The summed E-state index contributed by atoms with van der Waals surface area (Å²) in [5, 5.41) is 8.10. The van der Waals surface area contributed by atoms with Crippen LogP contribution in [0.3, 0.4) is 0 Å². The van der Waals surface area contributed by atoms with Crippen molar-refractivity contribution in [1.29, 1.82) is 0 Å². The molecular formula is C18H22N4S. The first-order valence-electron chi connectivity index (χ1n) is 8.09. The maximum absolute atomic E-state index is 4.93. The number of aromatic nitrogens is 3. The smallest absolute Gasteiger partial charge is 0.158 e. The van der Waals surface area contributed by atoms with Crippen molar-refractivity contribution in [3.63, 3.8) is 0 Å². The van der Waals surface area contributed by atoms with E-state index in [0.717, 1.165) is 23.6 Å². The van der Waals surface area contributed by atoms with Gasteiger partial charge in [0.2, 0.25) is 0 Å². The fourth-order valence-corrected chi connectivity index (χ4v) is 4.14. The Hall–Kier alpha value is -1.72. The normalized spacial score (nSPS) is 15.0. The summed E-state index contributed by atoms with van der Waals surface area (Å²) in [5.41, 5.74) is 6.01. The molecule has 4 nitrogen and oxygen atoms in total. The predicted octanol–water partition coefficient (Wildman–Crippen LogP) is 3.94. The highest BCUT2D eigenvalue weighted by Gasteiger charge is 2.28.